The quantitative estimate of drug-likeness (QED) is 0.176. The molecule has 3 heterocycles. The van der Waals surface area contributed by atoms with E-state index < -0.39 is 18.2 Å². The zero-order valence-corrected chi connectivity index (χ0v) is 22.7. The topological polar surface area (TPSA) is 83.5 Å². The second-order valence-electron chi connectivity index (χ2n) is 10.0. The molecule has 0 saturated heterocycles. The van der Waals surface area contributed by atoms with E-state index in [-0.39, 0.29) is 31.2 Å². The molecule has 7 nitrogen and oxygen atoms in total. The summed E-state index contributed by atoms with van der Waals surface area (Å²) >= 11 is 0. The van der Waals surface area contributed by atoms with E-state index in [2.05, 4.69) is 31.4 Å². The minimum Gasteiger partial charge on any atom is -0.449 e. The minimum atomic E-state index is -1.02. The number of rotatable bonds is 6. The standard InChI is InChI=1S/C31H42O7/c1-23-8-4-9-25-10-5-11-26(37-25)12-7-15-31(33)38-30(14-6-13-27(20-23)36-22-34-3)29(32)17-16-28-21-24(2)18-19-35-28/h5-6,11,13,16-18,25-30,32H,1,4,8-10,12,14,19-22H2,2-3H3/b13-6+,17-16?/t25-,26+,27-,28-,29+,30?/m1/s1. The molecule has 0 saturated carbocycles. The van der Waals surface area contributed by atoms with Crippen LogP contribution in [0, 0.1) is 11.8 Å². The van der Waals surface area contributed by atoms with Crippen LogP contribution in [-0.2, 0) is 28.5 Å². The summed E-state index contributed by atoms with van der Waals surface area (Å²) in [7, 11) is 1.58. The van der Waals surface area contributed by atoms with Gasteiger partial charge in [0.2, 0.25) is 0 Å². The van der Waals surface area contributed by atoms with Crippen molar-refractivity contribution in [3.05, 3.63) is 60.3 Å². The van der Waals surface area contributed by atoms with Crippen LogP contribution in [0.15, 0.2) is 60.3 Å². The number of hydrogen-bond acceptors (Lipinski definition) is 7. The van der Waals surface area contributed by atoms with E-state index in [1.54, 1.807) is 13.2 Å². The van der Waals surface area contributed by atoms with Crippen LogP contribution in [0.25, 0.3) is 0 Å². The molecule has 3 aliphatic heterocycles. The molecule has 2 bridgehead atoms. The molecule has 3 rings (SSSR count). The van der Waals surface area contributed by atoms with Gasteiger partial charge >= 0.3 is 5.97 Å². The molecule has 1 N–H and O–H groups in total. The summed E-state index contributed by atoms with van der Waals surface area (Å²) in [6, 6.07) is 0. The molecule has 0 fully saturated rings. The fraction of sp³-hybridized carbons (Fsp3) is 0.581. The maximum atomic E-state index is 12.6. The SMILES string of the molecule is C=C1CCC[C@@H]2CC=C[C@@H](CC#CC(=O)OC([C@@H](O)C=C[C@@H]3CC(C)=CCO3)C/C=C/[C@@H](OCOC)C1)O2. The molecule has 208 valence electrons. The van der Waals surface area contributed by atoms with E-state index >= 15 is 0 Å². The molecular formula is C31H42O7. The van der Waals surface area contributed by atoms with Crippen LogP contribution >= 0.6 is 0 Å². The average Bonchev–Trinajstić information content (AvgIpc) is 2.89. The van der Waals surface area contributed by atoms with Crippen molar-refractivity contribution in [2.24, 2.45) is 0 Å². The predicted molar refractivity (Wildman–Crippen MR) is 146 cm³/mol. The van der Waals surface area contributed by atoms with Crippen LogP contribution in [-0.4, -0.2) is 68.2 Å². The van der Waals surface area contributed by atoms with E-state index in [9.17, 15) is 9.90 Å². The van der Waals surface area contributed by atoms with Crippen molar-refractivity contribution in [2.75, 3.05) is 20.5 Å². The van der Waals surface area contributed by atoms with Crippen molar-refractivity contribution in [2.45, 2.75) is 94.9 Å². The Morgan fingerprint density at radius 3 is 2.92 bits per heavy atom. The number of ether oxygens (including phenoxy) is 5. The number of fused-ring (bicyclic) bond motifs is 2. The number of carbonyl (C=O) groups excluding carboxylic acids is 1. The minimum absolute atomic E-state index is 0.120. The number of hydrogen-bond donors (Lipinski definition) is 1. The van der Waals surface area contributed by atoms with Gasteiger partial charge in [-0.15, -0.1) is 0 Å². The lowest BCUT2D eigenvalue weighted by molar-refractivity contribution is -0.145. The number of aliphatic hydroxyl groups is 1. The summed E-state index contributed by atoms with van der Waals surface area (Å²) in [4.78, 5) is 12.6. The largest absolute Gasteiger partial charge is 0.449 e. The summed E-state index contributed by atoms with van der Waals surface area (Å²) in [6.45, 7) is 7.00. The van der Waals surface area contributed by atoms with E-state index in [1.165, 1.54) is 5.57 Å². The monoisotopic (exact) mass is 526 g/mol. The third-order valence-electron chi connectivity index (χ3n) is 6.70. The lowest BCUT2D eigenvalue weighted by Crippen LogP contribution is -2.30. The molecule has 7 heteroatoms. The number of cyclic esters (lactones) is 1. The molecular weight excluding hydrogens is 484 g/mol. The zero-order valence-electron chi connectivity index (χ0n) is 22.7. The lowest BCUT2D eigenvalue weighted by Gasteiger charge is -2.25. The molecule has 0 aliphatic carbocycles. The molecule has 0 aromatic rings. The van der Waals surface area contributed by atoms with E-state index in [0.29, 0.717) is 25.9 Å². The Hall–Kier alpha value is -2.47. The van der Waals surface area contributed by atoms with Gasteiger partial charge in [0.1, 0.15) is 19.0 Å². The molecule has 0 spiro atoms. The maximum Gasteiger partial charge on any atom is 0.384 e. The first-order chi connectivity index (χ1) is 18.4. The second-order valence-corrected chi connectivity index (χ2v) is 10.0. The Kier molecular flexibility index (Phi) is 13.0. The van der Waals surface area contributed by atoms with Crippen LogP contribution in [0.1, 0.15) is 58.3 Å². The Labute approximate surface area is 227 Å². The summed E-state index contributed by atoms with van der Waals surface area (Å²) in [5, 5.41) is 10.9. The summed E-state index contributed by atoms with van der Waals surface area (Å²) in [6.07, 6.45) is 17.0. The maximum absolute atomic E-state index is 12.6. The Morgan fingerprint density at radius 1 is 1.26 bits per heavy atom. The van der Waals surface area contributed by atoms with Gasteiger partial charge in [0.25, 0.3) is 0 Å². The number of esters is 1. The lowest BCUT2D eigenvalue weighted by atomic mass is 9.99. The highest BCUT2D eigenvalue weighted by atomic mass is 16.7. The van der Waals surface area contributed by atoms with Crippen molar-refractivity contribution in [3.63, 3.8) is 0 Å². The molecule has 0 aromatic carbocycles. The van der Waals surface area contributed by atoms with Gasteiger partial charge in [0.05, 0.1) is 31.0 Å². The summed E-state index contributed by atoms with van der Waals surface area (Å²) < 4.78 is 28.4. The number of methoxy groups -OCH3 is 1. The Balaban J connectivity index is 1.74. The number of carbonyl (C=O) groups is 1. The van der Waals surface area contributed by atoms with Gasteiger partial charge in [-0.2, -0.15) is 0 Å². The van der Waals surface area contributed by atoms with Gasteiger partial charge in [-0.25, -0.2) is 4.79 Å². The van der Waals surface area contributed by atoms with Gasteiger partial charge in [-0.05, 0) is 45.4 Å². The van der Waals surface area contributed by atoms with E-state index in [4.69, 9.17) is 23.7 Å². The van der Waals surface area contributed by atoms with Gasteiger partial charge < -0.3 is 28.8 Å². The highest BCUT2D eigenvalue weighted by Crippen LogP contribution is 2.22. The third-order valence-corrected chi connectivity index (χ3v) is 6.70. The van der Waals surface area contributed by atoms with Crippen molar-refractivity contribution >= 4 is 5.97 Å². The van der Waals surface area contributed by atoms with Gasteiger partial charge in [-0.1, -0.05) is 66.2 Å². The van der Waals surface area contributed by atoms with E-state index in [1.807, 2.05) is 30.4 Å². The number of aliphatic hydroxyl groups excluding tert-OH is 1. The summed E-state index contributed by atoms with van der Waals surface area (Å²) in [5.74, 6) is 4.77. The van der Waals surface area contributed by atoms with Crippen LogP contribution in [0.4, 0.5) is 0 Å². The summed E-state index contributed by atoms with van der Waals surface area (Å²) in [5.41, 5.74) is 2.33. The molecule has 1 unspecified atom stereocenters. The van der Waals surface area contributed by atoms with Crippen molar-refractivity contribution < 1.29 is 33.6 Å². The smallest absolute Gasteiger partial charge is 0.384 e. The first-order valence-corrected chi connectivity index (χ1v) is 13.5. The van der Waals surface area contributed by atoms with Crippen molar-refractivity contribution in [3.8, 4) is 11.8 Å². The fourth-order valence-corrected chi connectivity index (χ4v) is 4.61. The molecule has 38 heavy (non-hydrogen) atoms. The van der Waals surface area contributed by atoms with Crippen LogP contribution < -0.4 is 0 Å². The van der Waals surface area contributed by atoms with Crippen molar-refractivity contribution in [1.82, 2.24) is 0 Å². The molecule has 3 aliphatic rings. The molecule has 6 atom stereocenters. The Morgan fingerprint density at radius 2 is 2.11 bits per heavy atom. The highest BCUT2D eigenvalue weighted by Gasteiger charge is 2.22. The Bertz CT molecular complexity index is 951. The highest BCUT2D eigenvalue weighted by molar-refractivity contribution is 5.88. The molecule has 0 aromatic heterocycles. The second kappa shape index (κ2) is 16.5. The van der Waals surface area contributed by atoms with Crippen LogP contribution in [0.2, 0.25) is 0 Å². The average molecular weight is 527 g/mol. The zero-order chi connectivity index (χ0) is 27.2. The van der Waals surface area contributed by atoms with Gasteiger partial charge in [-0.3, -0.25) is 0 Å². The predicted octanol–water partition coefficient (Wildman–Crippen LogP) is 4.72. The fourth-order valence-electron chi connectivity index (χ4n) is 4.61. The third kappa shape index (κ3) is 11.1. The normalized spacial score (nSPS) is 31.3. The first-order valence-electron chi connectivity index (χ1n) is 13.5. The van der Waals surface area contributed by atoms with Gasteiger partial charge in [0.15, 0.2) is 0 Å². The van der Waals surface area contributed by atoms with E-state index in [0.717, 1.165) is 37.7 Å². The molecule has 0 radical (unpaired) electrons. The first kappa shape index (κ1) is 30.1. The molecule has 0 amide bonds. The van der Waals surface area contributed by atoms with Crippen LogP contribution in [0.5, 0.6) is 0 Å². The van der Waals surface area contributed by atoms with Gasteiger partial charge in [0, 0.05) is 25.9 Å². The van der Waals surface area contributed by atoms with Crippen molar-refractivity contribution in [1.29, 1.82) is 0 Å². The van der Waals surface area contributed by atoms with Crippen LogP contribution in [0.3, 0.4) is 0 Å².